The first-order chi connectivity index (χ1) is 10.1. The highest BCUT2D eigenvalue weighted by Crippen LogP contribution is 2.25. The van der Waals surface area contributed by atoms with Crippen LogP contribution in [0.5, 0.6) is 0 Å². The third-order valence-corrected chi connectivity index (χ3v) is 4.29. The van der Waals surface area contributed by atoms with Gasteiger partial charge in [-0.25, -0.2) is 13.8 Å². The van der Waals surface area contributed by atoms with Crippen LogP contribution in [0, 0.1) is 17.6 Å². The number of hydrogen-bond donors (Lipinski definition) is 0. The van der Waals surface area contributed by atoms with Gasteiger partial charge in [-0.3, -0.25) is 0 Å². The molecule has 114 valence electrons. The Hall–Kier alpha value is -1.20. The zero-order chi connectivity index (χ0) is 15.0. The van der Waals surface area contributed by atoms with Crippen LogP contribution in [0.1, 0.15) is 12.2 Å². The van der Waals surface area contributed by atoms with E-state index in [1.165, 1.54) is 6.07 Å². The monoisotopic (exact) mass is 313 g/mol. The third kappa shape index (κ3) is 2.90. The highest BCUT2D eigenvalue weighted by Gasteiger charge is 2.23. The van der Waals surface area contributed by atoms with E-state index < -0.39 is 11.6 Å². The molecule has 0 radical (unpaired) electrons. The van der Waals surface area contributed by atoms with Gasteiger partial charge in [-0.2, -0.15) is 0 Å². The molecule has 1 fully saturated rings. The quantitative estimate of drug-likeness (QED) is 0.809. The highest BCUT2D eigenvalue weighted by molar-refractivity contribution is 6.17. The van der Waals surface area contributed by atoms with Crippen molar-refractivity contribution in [1.29, 1.82) is 0 Å². The number of hydrogen-bond acceptors (Lipinski definition) is 2. The van der Waals surface area contributed by atoms with E-state index in [9.17, 15) is 8.78 Å². The first-order valence-electron chi connectivity index (χ1n) is 7.17. The van der Waals surface area contributed by atoms with E-state index in [-0.39, 0.29) is 5.52 Å². The molecule has 6 heteroatoms. The van der Waals surface area contributed by atoms with Gasteiger partial charge in [0.15, 0.2) is 5.82 Å². The van der Waals surface area contributed by atoms with E-state index in [1.807, 2.05) is 4.57 Å². The van der Waals surface area contributed by atoms with Gasteiger partial charge in [0.25, 0.3) is 0 Å². The maximum atomic E-state index is 13.9. The number of benzene rings is 1. The highest BCUT2D eigenvalue weighted by atomic mass is 35.5. The molecule has 0 saturated carbocycles. The third-order valence-electron chi connectivity index (χ3n) is 4.10. The van der Waals surface area contributed by atoms with E-state index in [0.29, 0.717) is 23.7 Å². The second-order valence-corrected chi connectivity index (χ2v) is 6.13. The zero-order valence-electron chi connectivity index (χ0n) is 12.0. The van der Waals surface area contributed by atoms with Gasteiger partial charge < -0.3 is 9.47 Å². The van der Waals surface area contributed by atoms with Crippen molar-refractivity contribution in [3.8, 4) is 0 Å². The number of fused-ring (bicyclic) bond motifs is 1. The Bertz CT molecular complexity index is 656. The summed E-state index contributed by atoms with van der Waals surface area (Å²) in [5, 5.41) is 0. The minimum absolute atomic E-state index is 0.239. The predicted molar refractivity (Wildman–Crippen MR) is 79.7 cm³/mol. The van der Waals surface area contributed by atoms with Crippen molar-refractivity contribution < 1.29 is 8.78 Å². The number of likely N-dealkylation sites (tertiary alicyclic amines) is 1. The summed E-state index contributed by atoms with van der Waals surface area (Å²) in [5.74, 6) is 0.454. The molecule has 3 rings (SSSR count). The molecule has 21 heavy (non-hydrogen) atoms. The maximum absolute atomic E-state index is 13.9. The first-order valence-corrected chi connectivity index (χ1v) is 7.70. The van der Waals surface area contributed by atoms with Gasteiger partial charge in [-0.1, -0.05) is 0 Å². The smallest absolute Gasteiger partial charge is 0.153 e. The first kappa shape index (κ1) is 14.7. The van der Waals surface area contributed by atoms with E-state index in [4.69, 9.17) is 11.6 Å². The lowest BCUT2D eigenvalue weighted by molar-refractivity contribution is 0.378. The molecule has 2 aromatic rings. The molecule has 0 spiro atoms. The number of aryl methyl sites for hydroxylation is 1. The fourth-order valence-electron chi connectivity index (χ4n) is 3.11. The Morgan fingerprint density at radius 2 is 2.19 bits per heavy atom. The summed E-state index contributed by atoms with van der Waals surface area (Å²) >= 11 is 5.82. The van der Waals surface area contributed by atoms with Crippen molar-refractivity contribution in [3.63, 3.8) is 0 Å². The van der Waals surface area contributed by atoms with Crippen molar-refractivity contribution in [1.82, 2.24) is 14.5 Å². The minimum Gasteiger partial charge on any atom is -0.327 e. The average Bonchev–Trinajstić information content (AvgIpc) is 2.97. The average molecular weight is 314 g/mol. The molecule has 0 bridgehead atoms. The summed E-state index contributed by atoms with van der Waals surface area (Å²) in [6, 6.07) is 2.25. The SMILES string of the molecule is CN1CCC(Cn2c(CCCl)nc3c(F)cc(F)cc32)C1. The standard InChI is InChI=1S/C15H18ClF2N3/c1-20-5-3-10(8-20)9-21-13-7-11(17)6-12(18)15(13)19-14(21)2-4-16/h6-7,10H,2-5,8-9H2,1H3. The van der Waals surface area contributed by atoms with Crippen molar-refractivity contribution in [2.45, 2.75) is 19.4 Å². The molecule has 1 aliphatic heterocycles. The molecule has 1 aromatic carbocycles. The fraction of sp³-hybridized carbons (Fsp3) is 0.533. The molecule has 1 atom stereocenters. The maximum Gasteiger partial charge on any atom is 0.153 e. The van der Waals surface area contributed by atoms with Crippen LogP contribution in [-0.2, 0) is 13.0 Å². The molecule has 1 saturated heterocycles. The van der Waals surface area contributed by atoms with Crippen molar-refractivity contribution in [2.24, 2.45) is 5.92 Å². The lowest BCUT2D eigenvalue weighted by Gasteiger charge is -2.14. The minimum atomic E-state index is -0.608. The van der Waals surface area contributed by atoms with Crippen molar-refractivity contribution in [2.75, 3.05) is 26.0 Å². The normalized spacial score (nSPS) is 19.7. The second kappa shape index (κ2) is 5.89. The van der Waals surface area contributed by atoms with Crippen LogP contribution in [0.25, 0.3) is 11.0 Å². The number of rotatable bonds is 4. The van der Waals surface area contributed by atoms with Crippen LogP contribution < -0.4 is 0 Å². The summed E-state index contributed by atoms with van der Waals surface area (Å²) in [7, 11) is 2.09. The van der Waals surface area contributed by atoms with Gasteiger partial charge in [0.2, 0.25) is 0 Å². The summed E-state index contributed by atoms with van der Waals surface area (Å²) in [5.41, 5.74) is 0.769. The molecule has 3 nitrogen and oxygen atoms in total. The summed E-state index contributed by atoms with van der Waals surface area (Å²) in [4.78, 5) is 6.60. The van der Waals surface area contributed by atoms with Gasteiger partial charge in [-0.15, -0.1) is 11.6 Å². The van der Waals surface area contributed by atoms with Gasteiger partial charge in [0.05, 0.1) is 5.52 Å². The van der Waals surface area contributed by atoms with Gasteiger partial charge >= 0.3 is 0 Å². The van der Waals surface area contributed by atoms with Gasteiger partial charge in [0.1, 0.15) is 17.2 Å². The number of nitrogens with zero attached hydrogens (tertiary/aromatic N) is 3. The largest absolute Gasteiger partial charge is 0.327 e. The van der Waals surface area contributed by atoms with Crippen LogP contribution in [-0.4, -0.2) is 40.5 Å². The van der Waals surface area contributed by atoms with Crippen LogP contribution in [0.15, 0.2) is 12.1 Å². The van der Waals surface area contributed by atoms with E-state index in [2.05, 4.69) is 16.9 Å². The van der Waals surface area contributed by atoms with Crippen LogP contribution >= 0.6 is 11.6 Å². The molecular formula is C15H18ClF2N3. The van der Waals surface area contributed by atoms with Crippen LogP contribution in [0.3, 0.4) is 0 Å². The summed E-state index contributed by atoms with van der Waals surface area (Å²) in [6.07, 6.45) is 1.65. The van der Waals surface area contributed by atoms with E-state index in [1.54, 1.807) is 0 Å². The number of imidazole rings is 1. The lowest BCUT2D eigenvalue weighted by Crippen LogP contribution is -2.18. The second-order valence-electron chi connectivity index (χ2n) is 5.75. The Kier molecular flexibility index (Phi) is 4.13. The fourth-order valence-corrected chi connectivity index (χ4v) is 3.28. The van der Waals surface area contributed by atoms with Crippen LogP contribution in [0.2, 0.25) is 0 Å². The Morgan fingerprint density at radius 1 is 1.38 bits per heavy atom. The Morgan fingerprint density at radius 3 is 2.86 bits per heavy atom. The Balaban J connectivity index is 2.02. The molecule has 0 N–H and O–H groups in total. The van der Waals surface area contributed by atoms with E-state index >= 15 is 0 Å². The van der Waals surface area contributed by atoms with Gasteiger partial charge in [-0.05, 0) is 32.0 Å². The molecule has 0 amide bonds. The molecule has 1 aliphatic rings. The zero-order valence-corrected chi connectivity index (χ0v) is 12.7. The predicted octanol–water partition coefficient (Wildman–Crippen LogP) is 3.05. The molecule has 1 aromatic heterocycles. The van der Waals surface area contributed by atoms with E-state index in [0.717, 1.165) is 37.9 Å². The van der Waals surface area contributed by atoms with Gasteiger partial charge in [0, 0.05) is 31.5 Å². The molecular weight excluding hydrogens is 296 g/mol. The topological polar surface area (TPSA) is 21.1 Å². The molecule has 2 heterocycles. The number of alkyl halides is 1. The number of aromatic nitrogens is 2. The number of halogens is 3. The molecule has 0 aliphatic carbocycles. The Labute approximate surface area is 127 Å². The lowest BCUT2D eigenvalue weighted by atomic mass is 10.1. The van der Waals surface area contributed by atoms with Crippen molar-refractivity contribution in [3.05, 3.63) is 29.6 Å². The van der Waals surface area contributed by atoms with Crippen molar-refractivity contribution >= 4 is 22.6 Å². The molecule has 1 unspecified atom stereocenters. The summed E-state index contributed by atoms with van der Waals surface area (Å²) in [6.45, 7) is 2.79. The van der Waals surface area contributed by atoms with Crippen LogP contribution in [0.4, 0.5) is 8.78 Å². The summed E-state index contributed by atoms with van der Waals surface area (Å²) < 4.78 is 29.4.